The third kappa shape index (κ3) is 5.07. The molecule has 0 N–H and O–H groups in total. The van der Waals surface area contributed by atoms with E-state index >= 15 is 0 Å². The van der Waals surface area contributed by atoms with Crippen molar-refractivity contribution in [2.45, 2.75) is 45.1 Å². The number of aromatic nitrogens is 1. The molecule has 3 aromatic rings. The molecule has 6 heteroatoms. The fourth-order valence-electron chi connectivity index (χ4n) is 4.10. The molecule has 162 valence electrons. The zero-order valence-electron chi connectivity index (χ0n) is 17.8. The van der Waals surface area contributed by atoms with Crippen molar-refractivity contribution in [3.63, 3.8) is 0 Å². The van der Waals surface area contributed by atoms with E-state index in [0.29, 0.717) is 23.0 Å². The van der Waals surface area contributed by atoms with Crippen LogP contribution in [0.5, 0.6) is 11.5 Å². The van der Waals surface area contributed by atoms with E-state index in [1.807, 2.05) is 42.5 Å². The summed E-state index contributed by atoms with van der Waals surface area (Å²) < 4.78 is 33.1. The van der Waals surface area contributed by atoms with Crippen molar-refractivity contribution in [1.82, 2.24) is 4.98 Å². The molecule has 0 spiro atoms. The summed E-state index contributed by atoms with van der Waals surface area (Å²) in [5.41, 5.74) is 2.56. The van der Waals surface area contributed by atoms with Gasteiger partial charge in [-0.3, -0.25) is 9.29 Å². The molecule has 2 aromatic carbocycles. The van der Waals surface area contributed by atoms with Gasteiger partial charge in [-0.2, -0.15) is 0 Å². The Morgan fingerprint density at radius 1 is 0.968 bits per heavy atom. The number of para-hydroxylation sites is 1. The number of rotatable bonds is 8. The lowest BCUT2D eigenvalue weighted by Crippen LogP contribution is -2.32. The first-order valence-electron chi connectivity index (χ1n) is 10.8. The summed E-state index contributed by atoms with van der Waals surface area (Å²) in [6, 6.07) is 21.0. The number of ether oxygens (including phenoxy) is 1. The Morgan fingerprint density at radius 2 is 1.68 bits per heavy atom. The minimum Gasteiger partial charge on any atom is -0.457 e. The molecule has 0 amide bonds. The zero-order valence-corrected chi connectivity index (χ0v) is 18.6. The summed E-state index contributed by atoms with van der Waals surface area (Å²) in [6.07, 6.45) is 6.62. The number of benzene rings is 2. The fourth-order valence-corrected chi connectivity index (χ4v) is 5.18. The van der Waals surface area contributed by atoms with Gasteiger partial charge in [0.15, 0.2) is 0 Å². The van der Waals surface area contributed by atoms with Gasteiger partial charge in [0.25, 0.3) is 0 Å². The average Bonchev–Trinajstić information content (AvgIpc) is 3.34. The third-order valence-corrected chi connectivity index (χ3v) is 7.54. The van der Waals surface area contributed by atoms with Crippen molar-refractivity contribution in [2.75, 3.05) is 10.1 Å². The topological polar surface area (TPSA) is 59.5 Å². The van der Waals surface area contributed by atoms with E-state index < -0.39 is 10.0 Å². The van der Waals surface area contributed by atoms with Crippen LogP contribution >= 0.6 is 0 Å². The summed E-state index contributed by atoms with van der Waals surface area (Å²) in [4.78, 5) is 4.28. The van der Waals surface area contributed by atoms with Crippen LogP contribution in [0.3, 0.4) is 0 Å². The van der Waals surface area contributed by atoms with Crippen molar-refractivity contribution in [3.05, 3.63) is 84.2 Å². The van der Waals surface area contributed by atoms with Crippen LogP contribution in [0.4, 0.5) is 5.69 Å². The summed E-state index contributed by atoms with van der Waals surface area (Å²) in [7, 11) is -3.45. The molecule has 4 rings (SSSR count). The van der Waals surface area contributed by atoms with E-state index in [4.69, 9.17) is 4.74 Å². The Kier molecular flexibility index (Phi) is 6.56. The first-order chi connectivity index (χ1) is 15.1. The van der Waals surface area contributed by atoms with Crippen LogP contribution in [0.15, 0.2) is 72.9 Å². The normalized spacial score (nSPS) is 14.5. The monoisotopic (exact) mass is 436 g/mol. The zero-order chi connectivity index (χ0) is 21.7. The molecule has 31 heavy (non-hydrogen) atoms. The molecule has 0 aliphatic heterocycles. The first-order valence-corrected chi connectivity index (χ1v) is 12.4. The molecule has 5 nitrogen and oxygen atoms in total. The second kappa shape index (κ2) is 9.52. The van der Waals surface area contributed by atoms with Crippen LogP contribution in [-0.2, 0) is 16.6 Å². The van der Waals surface area contributed by atoms with Gasteiger partial charge in [-0.1, -0.05) is 37.1 Å². The fraction of sp³-hybridized carbons (Fsp3) is 0.320. The van der Waals surface area contributed by atoms with Crippen LogP contribution in [0.25, 0.3) is 0 Å². The smallest absolute Gasteiger partial charge is 0.235 e. The van der Waals surface area contributed by atoms with Crippen molar-refractivity contribution in [3.8, 4) is 11.5 Å². The number of pyridine rings is 1. The Balaban J connectivity index is 1.56. The van der Waals surface area contributed by atoms with Crippen molar-refractivity contribution in [1.29, 1.82) is 0 Å². The minimum absolute atomic E-state index is 0.0207. The van der Waals surface area contributed by atoms with Gasteiger partial charge in [-0.25, -0.2) is 8.42 Å². The molecular weight excluding hydrogens is 408 g/mol. The number of anilines is 1. The Labute approximate surface area is 184 Å². The van der Waals surface area contributed by atoms with E-state index in [-0.39, 0.29) is 12.3 Å². The van der Waals surface area contributed by atoms with Crippen LogP contribution < -0.4 is 9.04 Å². The van der Waals surface area contributed by atoms with Crippen LogP contribution in [-0.4, -0.2) is 19.2 Å². The molecule has 0 bridgehead atoms. The standard InChI is InChI=1S/C25H28N2O3S/c1-2-31(28,29)27(19-21-11-7-8-18-26-21)22-14-16-23(17-15-22)30-25-13-6-5-12-24(25)20-9-3-4-10-20/h5-8,11-18,20H,2-4,9-10,19H2,1H3. The SMILES string of the molecule is CCS(=O)(=O)N(Cc1ccccn1)c1ccc(Oc2ccccc2C2CCCC2)cc1. The summed E-state index contributed by atoms with van der Waals surface area (Å²) in [5.74, 6) is 2.15. The molecule has 0 unspecified atom stereocenters. The van der Waals surface area contributed by atoms with Gasteiger partial charge in [0.05, 0.1) is 23.7 Å². The lowest BCUT2D eigenvalue weighted by atomic mass is 9.97. The second-order valence-electron chi connectivity index (χ2n) is 7.84. The quantitative estimate of drug-likeness (QED) is 0.442. The second-order valence-corrected chi connectivity index (χ2v) is 10.0. The number of hydrogen-bond donors (Lipinski definition) is 0. The van der Waals surface area contributed by atoms with Gasteiger partial charge < -0.3 is 4.74 Å². The van der Waals surface area contributed by atoms with Crippen molar-refractivity contribution in [2.24, 2.45) is 0 Å². The van der Waals surface area contributed by atoms with Crippen molar-refractivity contribution < 1.29 is 13.2 Å². The summed E-state index contributed by atoms with van der Waals surface area (Å²) in [5, 5.41) is 0. The number of sulfonamides is 1. The molecule has 0 radical (unpaired) electrons. The van der Waals surface area contributed by atoms with E-state index in [1.54, 1.807) is 25.3 Å². The molecule has 1 heterocycles. The van der Waals surface area contributed by atoms with Gasteiger partial charge in [0.2, 0.25) is 10.0 Å². The predicted molar refractivity (Wildman–Crippen MR) is 124 cm³/mol. The van der Waals surface area contributed by atoms with Gasteiger partial charge in [-0.05, 0) is 73.7 Å². The van der Waals surface area contributed by atoms with Crippen LogP contribution in [0.1, 0.15) is 49.8 Å². The van der Waals surface area contributed by atoms with E-state index in [9.17, 15) is 8.42 Å². The van der Waals surface area contributed by atoms with E-state index in [1.165, 1.54) is 35.6 Å². The highest BCUT2D eigenvalue weighted by Gasteiger charge is 2.22. The summed E-state index contributed by atoms with van der Waals surface area (Å²) in [6.45, 7) is 1.85. The first kappa shape index (κ1) is 21.4. The maximum absolute atomic E-state index is 12.7. The van der Waals surface area contributed by atoms with Gasteiger partial charge in [0.1, 0.15) is 11.5 Å². The predicted octanol–water partition coefficient (Wildman–Crippen LogP) is 5.89. The maximum atomic E-state index is 12.7. The summed E-state index contributed by atoms with van der Waals surface area (Å²) >= 11 is 0. The van der Waals surface area contributed by atoms with Crippen LogP contribution in [0, 0.1) is 0 Å². The highest BCUT2D eigenvalue weighted by Crippen LogP contribution is 2.40. The highest BCUT2D eigenvalue weighted by molar-refractivity contribution is 7.92. The molecule has 1 aliphatic rings. The van der Waals surface area contributed by atoms with E-state index in [2.05, 4.69) is 17.1 Å². The number of nitrogens with zero attached hydrogens (tertiary/aromatic N) is 2. The van der Waals surface area contributed by atoms with Gasteiger partial charge >= 0.3 is 0 Å². The van der Waals surface area contributed by atoms with Crippen molar-refractivity contribution >= 4 is 15.7 Å². The third-order valence-electron chi connectivity index (χ3n) is 5.80. The largest absolute Gasteiger partial charge is 0.457 e. The minimum atomic E-state index is -3.45. The Morgan fingerprint density at radius 3 is 2.35 bits per heavy atom. The molecule has 0 saturated heterocycles. The lowest BCUT2D eigenvalue weighted by Gasteiger charge is -2.24. The molecular formula is C25H28N2O3S. The average molecular weight is 437 g/mol. The Bertz CT molecular complexity index is 1090. The maximum Gasteiger partial charge on any atom is 0.235 e. The highest BCUT2D eigenvalue weighted by atomic mass is 32.2. The van der Waals surface area contributed by atoms with Gasteiger partial charge in [-0.15, -0.1) is 0 Å². The number of hydrogen-bond acceptors (Lipinski definition) is 4. The van der Waals surface area contributed by atoms with E-state index in [0.717, 1.165) is 5.75 Å². The van der Waals surface area contributed by atoms with Crippen LogP contribution in [0.2, 0.25) is 0 Å². The molecule has 1 aromatic heterocycles. The lowest BCUT2D eigenvalue weighted by molar-refractivity contribution is 0.469. The molecule has 1 saturated carbocycles. The van der Waals surface area contributed by atoms with Gasteiger partial charge in [0, 0.05) is 6.20 Å². The molecule has 1 fully saturated rings. The Hall–Kier alpha value is -2.86. The molecule has 0 atom stereocenters. The molecule has 1 aliphatic carbocycles.